The van der Waals surface area contributed by atoms with Gasteiger partial charge >= 0.3 is 0 Å². The molecule has 18 heavy (non-hydrogen) atoms. The van der Waals surface area contributed by atoms with Gasteiger partial charge in [-0.3, -0.25) is 5.32 Å². The Morgan fingerprint density at radius 3 is 2.61 bits per heavy atom. The lowest BCUT2D eigenvalue weighted by molar-refractivity contribution is -0.186. The van der Waals surface area contributed by atoms with Gasteiger partial charge in [0.15, 0.2) is 0 Å². The standard InChI is InChI=1S/C11H21NO6/c13-3-6-1-9(15)10(16)11(12-6)18-8-2-7(14)4-17-5-8/h6-16H,1-5H2/t6?,7-,8+,9+,10-,11+/m0/s1. The van der Waals surface area contributed by atoms with Crippen LogP contribution in [0.3, 0.4) is 0 Å². The van der Waals surface area contributed by atoms with Crippen molar-refractivity contribution in [2.24, 2.45) is 0 Å². The third-order valence-corrected chi connectivity index (χ3v) is 3.34. The summed E-state index contributed by atoms with van der Waals surface area (Å²) in [7, 11) is 0. The van der Waals surface area contributed by atoms with Gasteiger partial charge in [-0.05, 0) is 6.42 Å². The zero-order valence-corrected chi connectivity index (χ0v) is 10.1. The number of hydrogen-bond donors (Lipinski definition) is 5. The van der Waals surface area contributed by atoms with Crippen LogP contribution in [0.15, 0.2) is 0 Å². The lowest BCUT2D eigenvalue weighted by atomic mass is 9.98. The first kappa shape index (κ1) is 14.1. The Morgan fingerprint density at radius 2 is 1.94 bits per heavy atom. The van der Waals surface area contributed by atoms with E-state index in [1.54, 1.807) is 0 Å². The molecule has 0 aliphatic carbocycles. The summed E-state index contributed by atoms with van der Waals surface area (Å²) in [6, 6.07) is -0.303. The molecule has 5 N–H and O–H groups in total. The number of hydrogen-bond acceptors (Lipinski definition) is 7. The van der Waals surface area contributed by atoms with Crippen molar-refractivity contribution < 1.29 is 29.9 Å². The molecule has 0 radical (unpaired) electrons. The summed E-state index contributed by atoms with van der Waals surface area (Å²) in [4.78, 5) is 0. The Morgan fingerprint density at radius 1 is 1.17 bits per heavy atom. The van der Waals surface area contributed by atoms with Crippen molar-refractivity contribution in [2.45, 2.75) is 49.5 Å². The number of rotatable bonds is 3. The van der Waals surface area contributed by atoms with Gasteiger partial charge < -0.3 is 29.9 Å². The summed E-state index contributed by atoms with van der Waals surface area (Å²) >= 11 is 0. The number of aliphatic hydroxyl groups is 4. The summed E-state index contributed by atoms with van der Waals surface area (Å²) in [5.41, 5.74) is 0. The predicted octanol–water partition coefficient (Wildman–Crippen LogP) is -2.45. The number of aliphatic hydroxyl groups excluding tert-OH is 4. The predicted molar refractivity (Wildman–Crippen MR) is 60.7 cm³/mol. The molecule has 2 fully saturated rings. The second-order valence-electron chi connectivity index (χ2n) is 4.95. The second kappa shape index (κ2) is 6.25. The van der Waals surface area contributed by atoms with Gasteiger partial charge in [0, 0.05) is 12.5 Å². The van der Waals surface area contributed by atoms with Crippen molar-refractivity contribution in [2.75, 3.05) is 19.8 Å². The number of piperidine rings is 1. The van der Waals surface area contributed by atoms with Gasteiger partial charge in [-0.15, -0.1) is 0 Å². The van der Waals surface area contributed by atoms with Gasteiger partial charge in [0.2, 0.25) is 0 Å². The van der Waals surface area contributed by atoms with E-state index >= 15 is 0 Å². The molecule has 7 heteroatoms. The van der Waals surface area contributed by atoms with E-state index in [1.807, 2.05) is 0 Å². The highest BCUT2D eigenvalue weighted by atomic mass is 16.6. The lowest BCUT2D eigenvalue weighted by Crippen LogP contribution is -2.60. The fourth-order valence-corrected chi connectivity index (χ4v) is 2.36. The molecule has 0 spiro atoms. The molecule has 0 aromatic rings. The van der Waals surface area contributed by atoms with Crippen LogP contribution in [0, 0.1) is 0 Å². The first-order valence-corrected chi connectivity index (χ1v) is 6.24. The van der Waals surface area contributed by atoms with E-state index < -0.39 is 24.5 Å². The number of nitrogens with one attached hydrogen (secondary N) is 1. The van der Waals surface area contributed by atoms with Crippen LogP contribution in [0.2, 0.25) is 0 Å². The van der Waals surface area contributed by atoms with Crippen molar-refractivity contribution in [3.05, 3.63) is 0 Å². The summed E-state index contributed by atoms with van der Waals surface area (Å²) < 4.78 is 10.8. The zero-order chi connectivity index (χ0) is 13.1. The molecule has 2 saturated heterocycles. The minimum atomic E-state index is -1.05. The van der Waals surface area contributed by atoms with Crippen LogP contribution in [0.5, 0.6) is 0 Å². The van der Waals surface area contributed by atoms with E-state index in [0.29, 0.717) is 19.6 Å². The van der Waals surface area contributed by atoms with Gasteiger partial charge in [-0.25, -0.2) is 0 Å². The Bertz CT molecular complexity index is 266. The number of ether oxygens (including phenoxy) is 2. The molecule has 1 unspecified atom stereocenters. The van der Waals surface area contributed by atoms with E-state index in [0.717, 1.165) is 0 Å². The first-order chi connectivity index (χ1) is 8.60. The molecule has 0 saturated carbocycles. The molecule has 2 aliphatic rings. The topological polar surface area (TPSA) is 111 Å². The fraction of sp³-hybridized carbons (Fsp3) is 1.00. The molecule has 2 rings (SSSR count). The summed E-state index contributed by atoms with van der Waals surface area (Å²) in [6.07, 6.45) is -2.92. The Kier molecular flexibility index (Phi) is 4.91. The van der Waals surface area contributed by atoms with E-state index in [9.17, 15) is 15.3 Å². The highest BCUT2D eigenvalue weighted by Gasteiger charge is 2.37. The molecular weight excluding hydrogens is 242 g/mol. The van der Waals surface area contributed by atoms with Gasteiger partial charge in [-0.2, -0.15) is 0 Å². The lowest BCUT2D eigenvalue weighted by Gasteiger charge is -2.39. The molecule has 7 nitrogen and oxygen atoms in total. The van der Waals surface area contributed by atoms with Crippen LogP contribution in [-0.4, -0.2) is 76.9 Å². The van der Waals surface area contributed by atoms with Crippen molar-refractivity contribution in [1.82, 2.24) is 5.32 Å². The molecule has 0 amide bonds. The van der Waals surface area contributed by atoms with E-state index in [-0.39, 0.29) is 25.2 Å². The third-order valence-electron chi connectivity index (χ3n) is 3.34. The third kappa shape index (κ3) is 3.39. The molecule has 6 atom stereocenters. The molecule has 106 valence electrons. The molecule has 0 bridgehead atoms. The fourth-order valence-electron chi connectivity index (χ4n) is 2.36. The highest BCUT2D eigenvalue weighted by molar-refractivity contribution is 4.88. The first-order valence-electron chi connectivity index (χ1n) is 6.24. The minimum absolute atomic E-state index is 0.132. The van der Waals surface area contributed by atoms with Gasteiger partial charge in [0.05, 0.1) is 38.1 Å². The van der Waals surface area contributed by atoms with E-state index in [4.69, 9.17) is 14.6 Å². The second-order valence-corrected chi connectivity index (χ2v) is 4.95. The summed E-state index contributed by atoms with van der Waals surface area (Å²) in [5.74, 6) is 0. The van der Waals surface area contributed by atoms with Crippen LogP contribution < -0.4 is 5.32 Å². The summed E-state index contributed by atoms with van der Waals surface area (Å²) in [5, 5.41) is 41.0. The van der Waals surface area contributed by atoms with E-state index in [2.05, 4.69) is 5.32 Å². The average molecular weight is 263 g/mol. The van der Waals surface area contributed by atoms with Crippen molar-refractivity contribution >= 4 is 0 Å². The van der Waals surface area contributed by atoms with E-state index in [1.165, 1.54) is 0 Å². The maximum Gasteiger partial charge on any atom is 0.137 e. The van der Waals surface area contributed by atoms with Crippen LogP contribution >= 0.6 is 0 Å². The maximum absolute atomic E-state index is 9.82. The zero-order valence-electron chi connectivity index (χ0n) is 10.1. The van der Waals surface area contributed by atoms with Gasteiger partial charge in [-0.1, -0.05) is 0 Å². The maximum atomic E-state index is 9.82. The Hall–Kier alpha value is -0.280. The highest BCUT2D eigenvalue weighted by Crippen LogP contribution is 2.19. The molecule has 2 aliphatic heterocycles. The largest absolute Gasteiger partial charge is 0.395 e. The SMILES string of the molecule is OCC1C[C@@H](O)[C@H](O)[C@@H](O[C@H]2COC[C@@H](O)C2)N1. The monoisotopic (exact) mass is 263 g/mol. The summed E-state index contributed by atoms with van der Waals surface area (Å²) in [6.45, 7) is 0.512. The quantitative estimate of drug-likeness (QED) is 0.384. The van der Waals surface area contributed by atoms with Crippen molar-refractivity contribution in [3.63, 3.8) is 0 Å². The minimum Gasteiger partial charge on any atom is -0.395 e. The average Bonchev–Trinajstić information content (AvgIpc) is 2.34. The normalized spacial score (nSPS) is 46.0. The van der Waals surface area contributed by atoms with Crippen LogP contribution in [0.4, 0.5) is 0 Å². The smallest absolute Gasteiger partial charge is 0.137 e. The Labute approximate surface area is 105 Å². The van der Waals surface area contributed by atoms with Gasteiger partial charge in [0.1, 0.15) is 12.3 Å². The van der Waals surface area contributed by atoms with Crippen LogP contribution in [-0.2, 0) is 9.47 Å². The van der Waals surface area contributed by atoms with Crippen LogP contribution in [0.25, 0.3) is 0 Å². The van der Waals surface area contributed by atoms with Crippen molar-refractivity contribution in [3.8, 4) is 0 Å². The Balaban J connectivity index is 1.89. The van der Waals surface area contributed by atoms with Gasteiger partial charge in [0.25, 0.3) is 0 Å². The molecule has 0 aromatic heterocycles. The molecule has 2 heterocycles. The van der Waals surface area contributed by atoms with Crippen LogP contribution in [0.1, 0.15) is 12.8 Å². The van der Waals surface area contributed by atoms with Crippen molar-refractivity contribution in [1.29, 1.82) is 0 Å². The molecular formula is C11H21NO6. The molecule has 0 aromatic carbocycles.